The number of hydrogen-bond acceptors (Lipinski definition) is 4. The molecule has 1 saturated heterocycles. The lowest BCUT2D eigenvalue weighted by Gasteiger charge is -2.37. The van der Waals surface area contributed by atoms with E-state index in [1.807, 2.05) is 17.0 Å². The van der Waals surface area contributed by atoms with Gasteiger partial charge in [0.1, 0.15) is 11.9 Å². The van der Waals surface area contributed by atoms with Gasteiger partial charge in [-0.1, -0.05) is 0 Å². The molecule has 0 bridgehead atoms. The number of anilines is 1. The zero-order chi connectivity index (χ0) is 13.1. The Kier molecular flexibility index (Phi) is 4.19. The summed E-state index contributed by atoms with van der Waals surface area (Å²) in [6.45, 7) is 4.87. The molecule has 1 N–H and O–H groups in total. The second-order valence-electron chi connectivity index (χ2n) is 4.37. The van der Waals surface area contributed by atoms with Crippen LogP contribution in [0, 0.1) is 0 Å². The Labute approximate surface area is 115 Å². The molecule has 98 valence electrons. The molecule has 0 aliphatic carbocycles. The van der Waals surface area contributed by atoms with Gasteiger partial charge in [0.05, 0.1) is 0 Å². The fraction of sp³-hybridized carbons (Fsp3) is 0.500. The summed E-state index contributed by atoms with van der Waals surface area (Å²) in [4.78, 5) is 19.4. The van der Waals surface area contributed by atoms with Gasteiger partial charge < -0.3 is 10.0 Å². The van der Waals surface area contributed by atoms with E-state index >= 15 is 0 Å². The third kappa shape index (κ3) is 3.00. The first-order valence-corrected chi connectivity index (χ1v) is 6.70. The van der Waals surface area contributed by atoms with Gasteiger partial charge in [-0.15, -0.1) is 0 Å². The van der Waals surface area contributed by atoms with Gasteiger partial charge in [-0.2, -0.15) is 0 Å². The summed E-state index contributed by atoms with van der Waals surface area (Å²) in [5, 5.41) is 8.97. The van der Waals surface area contributed by atoms with Gasteiger partial charge in [0.25, 0.3) is 0 Å². The van der Waals surface area contributed by atoms with Gasteiger partial charge in [0, 0.05) is 36.8 Å². The molecule has 1 atom stereocenters. The highest BCUT2D eigenvalue weighted by atomic mass is 79.9. The molecule has 18 heavy (non-hydrogen) atoms. The van der Waals surface area contributed by atoms with Crippen molar-refractivity contribution in [1.82, 2.24) is 9.88 Å². The number of halogens is 1. The number of pyridine rings is 1. The Bertz CT molecular complexity index is 416. The summed E-state index contributed by atoms with van der Waals surface area (Å²) in [6, 6.07) is 3.53. The Balaban J connectivity index is 1.94. The third-order valence-corrected chi connectivity index (χ3v) is 3.72. The maximum absolute atomic E-state index is 10.9. The first kappa shape index (κ1) is 13.3. The summed E-state index contributed by atoms with van der Waals surface area (Å²) in [7, 11) is 0. The number of aromatic nitrogens is 1. The van der Waals surface area contributed by atoms with Crippen molar-refractivity contribution in [1.29, 1.82) is 0 Å². The average Bonchev–Trinajstić information content (AvgIpc) is 2.39. The maximum Gasteiger partial charge on any atom is 0.320 e. The molecule has 0 spiro atoms. The van der Waals surface area contributed by atoms with Crippen molar-refractivity contribution in [2.24, 2.45) is 0 Å². The predicted octanol–water partition coefficient (Wildman–Crippen LogP) is 1.44. The first-order valence-electron chi connectivity index (χ1n) is 5.91. The standard InChI is InChI=1S/C12H16BrN3O2/c1-9(12(17)18)15-4-6-16(7-5-15)11-3-2-10(13)8-14-11/h2-3,8-9H,4-7H2,1H3,(H,17,18)/t9-/m0/s1. The Morgan fingerprint density at radius 2 is 2.06 bits per heavy atom. The number of nitrogens with zero attached hydrogens (tertiary/aromatic N) is 3. The van der Waals surface area contributed by atoms with E-state index in [-0.39, 0.29) is 0 Å². The smallest absolute Gasteiger partial charge is 0.320 e. The lowest BCUT2D eigenvalue weighted by molar-refractivity contribution is -0.142. The fourth-order valence-electron chi connectivity index (χ4n) is 2.05. The number of carbonyl (C=O) groups is 1. The van der Waals surface area contributed by atoms with Gasteiger partial charge in [0.15, 0.2) is 0 Å². The number of aliphatic carboxylic acids is 1. The minimum Gasteiger partial charge on any atom is -0.480 e. The fourth-order valence-corrected chi connectivity index (χ4v) is 2.28. The van der Waals surface area contributed by atoms with Crippen LogP contribution in [0.3, 0.4) is 0 Å². The van der Waals surface area contributed by atoms with E-state index in [0.29, 0.717) is 0 Å². The number of rotatable bonds is 3. The largest absolute Gasteiger partial charge is 0.480 e. The monoisotopic (exact) mass is 313 g/mol. The number of carboxylic acids is 1. The van der Waals surface area contributed by atoms with E-state index in [4.69, 9.17) is 5.11 Å². The molecule has 5 nitrogen and oxygen atoms in total. The third-order valence-electron chi connectivity index (χ3n) is 3.26. The molecule has 0 aromatic carbocycles. The SMILES string of the molecule is C[C@@H](C(=O)O)N1CCN(c2ccc(Br)cn2)CC1. The lowest BCUT2D eigenvalue weighted by Crippen LogP contribution is -2.51. The predicted molar refractivity (Wildman–Crippen MR) is 72.8 cm³/mol. The topological polar surface area (TPSA) is 56.7 Å². The summed E-state index contributed by atoms with van der Waals surface area (Å²) < 4.78 is 0.962. The quantitative estimate of drug-likeness (QED) is 0.915. The molecule has 1 aromatic rings. The molecule has 0 saturated carbocycles. The van der Waals surface area contributed by atoms with Crippen molar-refractivity contribution < 1.29 is 9.90 Å². The van der Waals surface area contributed by atoms with Gasteiger partial charge in [0.2, 0.25) is 0 Å². The van der Waals surface area contributed by atoms with Crippen LogP contribution in [0.15, 0.2) is 22.8 Å². The number of piperazine rings is 1. The van der Waals surface area contributed by atoms with Crippen molar-refractivity contribution in [3.63, 3.8) is 0 Å². The zero-order valence-electron chi connectivity index (χ0n) is 10.2. The van der Waals surface area contributed by atoms with E-state index in [9.17, 15) is 4.79 Å². The molecule has 0 radical (unpaired) electrons. The van der Waals surface area contributed by atoms with Crippen LogP contribution in [0.25, 0.3) is 0 Å². The van der Waals surface area contributed by atoms with E-state index in [0.717, 1.165) is 36.5 Å². The lowest BCUT2D eigenvalue weighted by atomic mass is 10.2. The Morgan fingerprint density at radius 3 is 2.56 bits per heavy atom. The van der Waals surface area contributed by atoms with Crippen LogP contribution in [-0.4, -0.2) is 53.2 Å². The molecule has 1 aliphatic rings. The van der Waals surface area contributed by atoms with Crippen molar-refractivity contribution in [3.8, 4) is 0 Å². The van der Waals surface area contributed by atoms with E-state index < -0.39 is 12.0 Å². The molecule has 2 heterocycles. The summed E-state index contributed by atoms with van der Waals surface area (Å²) in [5.74, 6) is 0.186. The molecule has 1 aliphatic heterocycles. The second kappa shape index (κ2) is 5.67. The van der Waals surface area contributed by atoms with E-state index in [1.54, 1.807) is 13.1 Å². The maximum atomic E-state index is 10.9. The molecule has 2 rings (SSSR count). The molecule has 0 unspecified atom stereocenters. The van der Waals surface area contributed by atoms with Crippen LogP contribution in [0.1, 0.15) is 6.92 Å². The van der Waals surface area contributed by atoms with Gasteiger partial charge in [-0.05, 0) is 35.0 Å². The second-order valence-corrected chi connectivity index (χ2v) is 5.29. The van der Waals surface area contributed by atoms with Crippen LogP contribution in [-0.2, 0) is 4.79 Å². The normalized spacial score (nSPS) is 18.7. The van der Waals surface area contributed by atoms with Crippen LogP contribution in [0.2, 0.25) is 0 Å². The molecule has 1 fully saturated rings. The van der Waals surface area contributed by atoms with E-state index in [1.165, 1.54) is 0 Å². The highest BCUT2D eigenvalue weighted by molar-refractivity contribution is 9.10. The van der Waals surface area contributed by atoms with Gasteiger partial charge in [-0.25, -0.2) is 4.98 Å². The molecule has 0 amide bonds. The highest BCUT2D eigenvalue weighted by Gasteiger charge is 2.25. The minimum absolute atomic E-state index is 0.412. The summed E-state index contributed by atoms with van der Waals surface area (Å²) in [5.41, 5.74) is 0. The molecule has 1 aromatic heterocycles. The number of carboxylic acid groups (broad SMARTS) is 1. The van der Waals surface area contributed by atoms with Crippen molar-refractivity contribution in [2.75, 3.05) is 31.1 Å². The van der Waals surface area contributed by atoms with E-state index in [2.05, 4.69) is 25.8 Å². The molecular formula is C12H16BrN3O2. The van der Waals surface area contributed by atoms with Crippen LogP contribution < -0.4 is 4.90 Å². The number of hydrogen-bond donors (Lipinski definition) is 1. The zero-order valence-corrected chi connectivity index (χ0v) is 11.8. The molecular weight excluding hydrogens is 298 g/mol. The van der Waals surface area contributed by atoms with Crippen molar-refractivity contribution in [2.45, 2.75) is 13.0 Å². The average molecular weight is 314 g/mol. The first-order chi connectivity index (χ1) is 8.58. The summed E-state index contributed by atoms with van der Waals surface area (Å²) in [6.07, 6.45) is 1.78. The van der Waals surface area contributed by atoms with Crippen LogP contribution >= 0.6 is 15.9 Å². The van der Waals surface area contributed by atoms with Crippen LogP contribution in [0.4, 0.5) is 5.82 Å². The molecule has 6 heteroatoms. The minimum atomic E-state index is -0.759. The van der Waals surface area contributed by atoms with Crippen molar-refractivity contribution in [3.05, 3.63) is 22.8 Å². The van der Waals surface area contributed by atoms with Crippen molar-refractivity contribution >= 4 is 27.7 Å². The Morgan fingerprint density at radius 1 is 1.39 bits per heavy atom. The Hall–Kier alpha value is -1.14. The van der Waals surface area contributed by atoms with Gasteiger partial charge in [-0.3, -0.25) is 9.69 Å². The van der Waals surface area contributed by atoms with Crippen LogP contribution in [0.5, 0.6) is 0 Å². The highest BCUT2D eigenvalue weighted by Crippen LogP contribution is 2.17. The van der Waals surface area contributed by atoms with Gasteiger partial charge >= 0.3 is 5.97 Å². The summed E-state index contributed by atoms with van der Waals surface area (Å²) >= 11 is 3.36.